The van der Waals surface area contributed by atoms with E-state index in [1.165, 1.54) is 12.1 Å². The van der Waals surface area contributed by atoms with E-state index >= 15 is 0 Å². The number of aliphatic carboxylic acids is 1. The molecule has 230 valence electrons. The van der Waals surface area contributed by atoms with Gasteiger partial charge < -0.3 is 26.6 Å². The number of carboxylic acids is 1. The zero-order chi connectivity index (χ0) is 31.8. The van der Waals surface area contributed by atoms with Crippen LogP contribution in [0.3, 0.4) is 0 Å². The van der Waals surface area contributed by atoms with Crippen LogP contribution in [0.4, 0.5) is 4.39 Å². The van der Waals surface area contributed by atoms with Gasteiger partial charge in [-0.05, 0) is 74.1 Å². The van der Waals surface area contributed by atoms with Gasteiger partial charge in [0.25, 0.3) is 5.91 Å². The minimum atomic E-state index is -1.20. The summed E-state index contributed by atoms with van der Waals surface area (Å²) in [4.78, 5) is 25.1. The second-order valence-corrected chi connectivity index (χ2v) is 11.1. The van der Waals surface area contributed by atoms with Crippen molar-refractivity contribution in [1.82, 2.24) is 9.88 Å². The summed E-state index contributed by atoms with van der Waals surface area (Å²) in [6.07, 6.45) is -2.29. The van der Waals surface area contributed by atoms with E-state index in [-0.39, 0.29) is 62.3 Å². The summed E-state index contributed by atoms with van der Waals surface area (Å²) in [5.74, 6) is -1.90. The molecule has 4 N–H and O–H groups in total. The van der Waals surface area contributed by atoms with Crippen molar-refractivity contribution in [2.24, 2.45) is 0 Å². The number of carbonyl (C=O) groups excluding carboxylic acids is 1. The molecule has 4 rings (SSSR count). The first-order chi connectivity index (χ1) is 21.1. The van der Waals surface area contributed by atoms with Crippen LogP contribution < -0.4 is 34.9 Å². The summed E-state index contributed by atoms with van der Waals surface area (Å²) in [7, 11) is 0. The standard InChI is InChI=1S/C35H36FN3O5.Na.H/c1-22(2)39-30(16-15-28(40)18-29(41)19-31(42)43)32(26-11-13-27(36)14-12-26)33(25-9-4-3-5-10-25)34(39)35(44)38-21-24-8-6-7-23(17-24)20-37;;/h3-14,17,22,28-29,40-41H,15-16,18-19,21H2,1-2H3,(H,38,44)(H,42,43);;/q;+1;-1/t28-,29-;;/m1../s1. The molecule has 0 aliphatic heterocycles. The molecular weight excluding hydrogens is 584 g/mol. The zero-order valence-electron chi connectivity index (χ0n) is 26.7. The Kier molecular flexibility index (Phi) is 13.1. The average Bonchev–Trinajstić information content (AvgIpc) is 3.35. The van der Waals surface area contributed by atoms with Crippen LogP contribution in [0.2, 0.25) is 0 Å². The number of benzene rings is 3. The minimum absolute atomic E-state index is 0. The number of aliphatic hydroxyl groups excluding tert-OH is 2. The maximum Gasteiger partial charge on any atom is 1.00 e. The van der Waals surface area contributed by atoms with Gasteiger partial charge in [0.15, 0.2) is 0 Å². The Morgan fingerprint density at radius 1 is 0.956 bits per heavy atom. The number of nitriles is 1. The third-order valence-electron chi connectivity index (χ3n) is 7.41. The summed E-state index contributed by atoms with van der Waals surface area (Å²) < 4.78 is 16.0. The third kappa shape index (κ3) is 9.13. The second kappa shape index (κ2) is 16.5. The molecule has 10 heteroatoms. The maximum absolute atomic E-state index is 14.1. The molecular formula is C35H37FN3NaO5. The molecule has 45 heavy (non-hydrogen) atoms. The van der Waals surface area contributed by atoms with Gasteiger partial charge in [-0.25, -0.2) is 4.39 Å². The van der Waals surface area contributed by atoms with Gasteiger partial charge in [-0.3, -0.25) is 9.59 Å². The Morgan fingerprint density at radius 2 is 1.62 bits per heavy atom. The SMILES string of the molecule is CC(C)n1c(CC[C@@H](O)C[C@@H](O)CC(=O)O)c(-c2ccc(F)cc2)c(-c2ccccc2)c1C(=O)NCc1cccc(C#N)c1.[H-].[Na+]. The molecule has 3 aromatic carbocycles. The van der Waals surface area contributed by atoms with Crippen molar-refractivity contribution >= 4 is 11.9 Å². The van der Waals surface area contributed by atoms with Crippen molar-refractivity contribution in [3.63, 3.8) is 0 Å². The van der Waals surface area contributed by atoms with Crippen LogP contribution in [-0.4, -0.2) is 44.0 Å². The van der Waals surface area contributed by atoms with Crippen LogP contribution in [0, 0.1) is 17.1 Å². The number of halogens is 1. The molecule has 0 bridgehead atoms. The molecule has 0 saturated carbocycles. The Morgan fingerprint density at radius 3 is 2.24 bits per heavy atom. The molecule has 0 unspecified atom stereocenters. The predicted molar refractivity (Wildman–Crippen MR) is 166 cm³/mol. The van der Waals surface area contributed by atoms with Gasteiger partial charge in [0.2, 0.25) is 0 Å². The summed E-state index contributed by atoms with van der Waals surface area (Å²) >= 11 is 0. The van der Waals surface area contributed by atoms with E-state index in [4.69, 9.17) is 5.11 Å². The number of rotatable bonds is 13. The fourth-order valence-electron chi connectivity index (χ4n) is 5.53. The molecule has 4 aromatic rings. The first kappa shape index (κ1) is 35.7. The van der Waals surface area contributed by atoms with E-state index in [0.29, 0.717) is 28.8 Å². The van der Waals surface area contributed by atoms with E-state index in [2.05, 4.69) is 11.4 Å². The molecule has 8 nitrogen and oxygen atoms in total. The fourth-order valence-corrected chi connectivity index (χ4v) is 5.53. The normalized spacial score (nSPS) is 12.2. The summed E-state index contributed by atoms with van der Waals surface area (Å²) in [5.41, 5.74) is 5.25. The van der Waals surface area contributed by atoms with Gasteiger partial charge in [-0.1, -0.05) is 54.6 Å². The Hall–Kier alpha value is -3.78. The smallest absolute Gasteiger partial charge is 1.00 e. The number of aromatic nitrogens is 1. The van der Waals surface area contributed by atoms with E-state index in [1.807, 2.05) is 54.8 Å². The maximum atomic E-state index is 14.1. The van der Waals surface area contributed by atoms with Crippen molar-refractivity contribution in [2.75, 3.05) is 0 Å². The number of nitrogens with one attached hydrogen (secondary N) is 1. The summed E-state index contributed by atoms with van der Waals surface area (Å²) in [6.45, 7) is 4.09. The van der Waals surface area contributed by atoms with Gasteiger partial charge >= 0.3 is 35.5 Å². The Balaban J connectivity index is 0.00000368. The van der Waals surface area contributed by atoms with Crippen LogP contribution in [0.1, 0.15) is 67.9 Å². The largest absolute Gasteiger partial charge is 1.00 e. The van der Waals surface area contributed by atoms with Gasteiger partial charge in [-0.15, -0.1) is 0 Å². The number of hydrogen-bond acceptors (Lipinski definition) is 5. The van der Waals surface area contributed by atoms with E-state index < -0.39 is 30.4 Å². The van der Waals surface area contributed by atoms with E-state index in [1.54, 1.807) is 30.3 Å². The van der Waals surface area contributed by atoms with Crippen LogP contribution in [-0.2, 0) is 17.8 Å². The summed E-state index contributed by atoms with van der Waals surface area (Å²) in [5, 5.41) is 42.2. The molecule has 1 amide bonds. The summed E-state index contributed by atoms with van der Waals surface area (Å²) in [6, 6.07) is 24.4. The molecule has 0 radical (unpaired) electrons. The van der Waals surface area contributed by atoms with Crippen molar-refractivity contribution in [3.8, 4) is 28.3 Å². The number of carbonyl (C=O) groups is 2. The van der Waals surface area contributed by atoms with Crippen LogP contribution in [0.15, 0.2) is 78.9 Å². The first-order valence-electron chi connectivity index (χ1n) is 14.5. The zero-order valence-corrected chi connectivity index (χ0v) is 27.7. The first-order valence-corrected chi connectivity index (χ1v) is 14.5. The van der Waals surface area contributed by atoms with E-state index in [9.17, 15) is 29.5 Å². The van der Waals surface area contributed by atoms with Gasteiger partial charge in [0.05, 0.1) is 30.3 Å². The molecule has 0 aliphatic rings. The number of aliphatic hydroxyl groups is 2. The molecule has 0 fully saturated rings. The van der Waals surface area contributed by atoms with Crippen molar-refractivity contribution in [1.29, 1.82) is 5.26 Å². The van der Waals surface area contributed by atoms with Gasteiger partial charge in [0, 0.05) is 29.4 Å². The van der Waals surface area contributed by atoms with Crippen LogP contribution in [0.5, 0.6) is 0 Å². The number of carboxylic acid groups (broad SMARTS) is 1. The monoisotopic (exact) mass is 621 g/mol. The Labute approximate surface area is 285 Å². The molecule has 2 atom stereocenters. The quantitative estimate of drug-likeness (QED) is 0.170. The molecule has 1 aromatic heterocycles. The van der Waals surface area contributed by atoms with Crippen LogP contribution in [0.25, 0.3) is 22.3 Å². The number of nitrogens with zero attached hydrogens (tertiary/aromatic N) is 2. The predicted octanol–water partition coefficient (Wildman–Crippen LogP) is 2.98. The van der Waals surface area contributed by atoms with Crippen molar-refractivity contribution in [2.45, 2.75) is 64.3 Å². The molecule has 1 heterocycles. The third-order valence-corrected chi connectivity index (χ3v) is 7.41. The molecule has 0 spiro atoms. The average molecular weight is 622 g/mol. The number of hydrogen-bond donors (Lipinski definition) is 4. The fraction of sp³-hybridized carbons (Fsp3) is 0.286. The Bertz CT molecular complexity index is 1660. The topological polar surface area (TPSA) is 136 Å². The molecule has 0 saturated heterocycles. The van der Waals surface area contributed by atoms with Crippen molar-refractivity contribution in [3.05, 3.63) is 107 Å². The van der Waals surface area contributed by atoms with E-state index in [0.717, 1.165) is 22.4 Å². The molecule has 0 aliphatic carbocycles. The van der Waals surface area contributed by atoms with Gasteiger partial charge in [-0.2, -0.15) is 5.26 Å². The minimum Gasteiger partial charge on any atom is -1.00 e. The second-order valence-electron chi connectivity index (χ2n) is 11.1. The number of amides is 1. The van der Waals surface area contributed by atoms with Gasteiger partial charge in [0.1, 0.15) is 11.5 Å². The van der Waals surface area contributed by atoms with Crippen molar-refractivity contribution < 1.29 is 60.3 Å². The van der Waals surface area contributed by atoms with Crippen LogP contribution >= 0.6 is 0 Å².